The van der Waals surface area contributed by atoms with Gasteiger partial charge in [-0.15, -0.1) is 0 Å². The first-order chi connectivity index (χ1) is 11.1. The van der Waals surface area contributed by atoms with E-state index in [1.807, 2.05) is 61.5 Å². The van der Waals surface area contributed by atoms with Crippen LogP contribution in [0.5, 0.6) is 0 Å². The third kappa shape index (κ3) is 2.06. The first-order valence-electron chi connectivity index (χ1n) is 7.74. The molecule has 4 rings (SSSR count). The van der Waals surface area contributed by atoms with Crippen LogP contribution in [0.1, 0.15) is 23.7 Å². The molecule has 23 heavy (non-hydrogen) atoms. The van der Waals surface area contributed by atoms with Crippen molar-refractivity contribution in [1.29, 1.82) is 0 Å². The summed E-state index contributed by atoms with van der Waals surface area (Å²) in [5.41, 5.74) is 3.54. The summed E-state index contributed by atoms with van der Waals surface area (Å²) in [6.45, 7) is 2.02. The van der Waals surface area contributed by atoms with E-state index in [1.165, 1.54) is 0 Å². The minimum atomic E-state index is -1.07. The summed E-state index contributed by atoms with van der Waals surface area (Å²) < 4.78 is 0. The summed E-state index contributed by atoms with van der Waals surface area (Å²) in [5, 5.41) is 15.9. The zero-order valence-corrected chi connectivity index (χ0v) is 12.8. The lowest BCUT2D eigenvalue weighted by Crippen LogP contribution is -2.58. The minimum Gasteiger partial charge on any atom is -0.548 e. The summed E-state index contributed by atoms with van der Waals surface area (Å²) in [6.07, 6.45) is 0.421. The zero-order chi connectivity index (χ0) is 16.0. The highest BCUT2D eigenvalue weighted by Gasteiger charge is 2.40. The fourth-order valence-corrected chi connectivity index (χ4v) is 3.66. The molecule has 0 bridgehead atoms. The Balaban J connectivity index is 1.99. The van der Waals surface area contributed by atoms with Gasteiger partial charge in [-0.05, 0) is 30.5 Å². The predicted molar refractivity (Wildman–Crippen MR) is 86.8 cm³/mol. The van der Waals surface area contributed by atoms with Crippen molar-refractivity contribution in [2.75, 3.05) is 0 Å². The molecule has 1 aromatic heterocycles. The molecule has 2 heterocycles. The lowest BCUT2D eigenvalue weighted by atomic mass is 9.80. The van der Waals surface area contributed by atoms with Crippen LogP contribution in [0.25, 0.3) is 10.9 Å². The smallest absolute Gasteiger partial charge is 0.0821 e. The number of benzene rings is 2. The van der Waals surface area contributed by atoms with E-state index in [1.54, 1.807) is 0 Å². The summed E-state index contributed by atoms with van der Waals surface area (Å²) in [6, 6.07) is 17.2. The number of carbonyl (C=O) groups excluding carboxylic acids is 1. The first kappa shape index (κ1) is 14.0. The number of hydrogen-bond donors (Lipinski definition) is 2. The molecule has 4 nitrogen and oxygen atoms in total. The summed E-state index contributed by atoms with van der Waals surface area (Å²) in [4.78, 5) is 15.0. The van der Waals surface area contributed by atoms with Gasteiger partial charge in [0.15, 0.2) is 0 Å². The Labute approximate surface area is 134 Å². The van der Waals surface area contributed by atoms with Crippen LogP contribution in [-0.4, -0.2) is 17.0 Å². The molecule has 0 saturated heterocycles. The fraction of sp³-hybridized carbons (Fsp3) is 0.211. The number of fused-ring (bicyclic) bond motifs is 3. The lowest BCUT2D eigenvalue weighted by molar-refractivity contribution is -0.309. The molecule has 2 atom stereocenters. The van der Waals surface area contributed by atoms with Gasteiger partial charge >= 0.3 is 0 Å². The van der Waals surface area contributed by atoms with Crippen molar-refractivity contribution in [3.8, 4) is 0 Å². The molecule has 0 amide bonds. The third-order valence-electron chi connectivity index (χ3n) is 4.82. The second-order valence-corrected chi connectivity index (χ2v) is 6.24. The Morgan fingerprint density at radius 2 is 1.83 bits per heavy atom. The van der Waals surface area contributed by atoms with E-state index in [0.717, 1.165) is 27.7 Å². The summed E-state index contributed by atoms with van der Waals surface area (Å²) in [5.74, 6) is -1.07. The van der Waals surface area contributed by atoms with Gasteiger partial charge in [0.2, 0.25) is 0 Å². The molecule has 2 unspecified atom stereocenters. The van der Waals surface area contributed by atoms with E-state index in [-0.39, 0.29) is 0 Å². The van der Waals surface area contributed by atoms with E-state index in [9.17, 15) is 9.90 Å². The van der Waals surface area contributed by atoms with Gasteiger partial charge in [0.1, 0.15) is 0 Å². The van der Waals surface area contributed by atoms with E-state index in [2.05, 4.69) is 10.3 Å². The molecule has 0 aliphatic carbocycles. The number of hydrogen-bond acceptors (Lipinski definition) is 3. The Kier molecular flexibility index (Phi) is 3.03. The third-order valence-corrected chi connectivity index (χ3v) is 4.82. The van der Waals surface area contributed by atoms with Gasteiger partial charge in [0.25, 0.3) is 0 Å². The zero-order valence-electron chi connectivity index (χ0n) is 12.8. The molecule has 3 aromatic rings. The van der Waals surface area contributed by atoms with Crippen molar-refractivity contribution in [1.82, 2.24) is 10.3 Å². The molecule has 1 aliphatic heterocycles. The van der Waals surface area contributed by atoms with E-state index < -0.39 is 17.6 Å². The predicted octanol–water partition coefficient (Wildman–Crippen LogP) is 1.70. The molecule has 116 valence electrons. The van der Waals surface area contributed by atoms with Gasteiger partial charge in [-0.2, -0.15) is 0 Å². The van der Waals surface area contributed by atoms with Crippen molar-refractivity contribution >= 4 is 16.9 Å². The number of para-hydroxylation sites is 1. The van der Waals surface area contributed by atoms with Gasteiger partial charge < -0.3 is 14.9 Å². The van der Waals surface area contributed by atoms with Gasteiger partial charge in [-0.1, -0.05) is 48.5 Å². The van der Waals surface area contributed by atoms with Crippen molar-refractivity contribution in [2.24, 2.45) is 0 Å². The Morgan fingerprint density at radius 1 is 1.13 bits per heavy atom. The lowest BCUT2D eigenvalue weighted by Gasteiger charge is -2.40. The molecule has 4 heteroatoms. The van der Waals surface area contributed by atoms with Gasteiger partial charge in [0, 0.05) is 16.6 Å². The molecular formula is C19H17N2O2-. The van der Waals surface area contributed by atoms with Crippen LogP contribution >= 0.6 is 0 Å². The molecular weight excluding hydrogens is 288 g/mol. The van der Waals surface area contributed by atoms with E-state index in [4.69, 9.17) is 0 Å². The average molecular weight is 305 g/mol. The SMILES string of the molecule is CC1(c2ccccc2)NC(C(=O)[O-])Cc2c1[nH]c1ccccc21. The van der Waals surface area contributed by atoms with Crippen LogP contribution in [0.3, 0.4) is 0 Å². The average Bonchev–Trinajstić information content (AvgIpc) is 2.95. The number of aliphatic carboxylic acids is 1. The molecule has 0 spiro atoms. The second-order valence-electron chi connectivity index (χ2n) is 6.24. The van der Waals surface area contributed by atoms with Gasteiger partial charge in [-0.3, -0.25) is 5.32 Å². The van der Waals surface area contributed by atoms with Gasteiger partial charge in [0.05, 0.1) is 17.6 Å². The number of carbonyl (C=O) groups is 1. The molecule has 0 radical (unpaired) electrons. The van der Waals surface area contributed by atoms with Crippen LogP contribution in [0.2, 0.25) is 0 Å². The van der Waals surface area contributed by atoms with Crippen molar-refractivity contribution in [3.63, 3.8) is 0 Å². The standard InChI is InChI=1S/C19H18N2O2/c1-19(12-7-3-2-4-8-12)17-14(11-16(21-19)18(22)23)13-9-5-6-10-15(13)20-17/h2-10,16,20-21H,11H2,1H3,(H,22,23)/p-1. The molecule has 1 aliphatic rings. The fourth-order valence-electron chi connectivity index (χ4n) is 3.66. The topological polar surface area (TPSA) is 67.9 Å². The second kappa shape index (κ2) is 4.96. The number of H-pyrrole nitrogens is 1. The number of rotatable bonds is 2. The maximum atomic E-state index is 11.6. The summed E-state index contributed by atoms with van der Waals surface area (Å²) >= 11 is 0. The highest BCUT2D eigenvalue weighted by molar-refractivity contribution is 5.87. The summed E-state index contributed by atoms with van der Waals surface area (Å²) in [7, 11) is 0. The Hall–Kier alpha value is -2.59. The Morgan fingerprint density at radius 3 is 2.57 bits per heavy atom. The van der Waals surface area contributed by atoms with Crippen LogP contribution in [0.15, 0.2) is 54.6 Å². The molecule has 2 N–H and O–H groups in total. The quantitative estimate of drug-likeness (QED) is 0.757. The number of aromatic amines is 1. The van der Waals surface area contributed by atoms with Crippen LogP contribution in [0.4, 0.5) is 0 Å². The minimum absolute atomic E-state index is 0.421. The maximum Gasteiger partial charge on any atom is 0.0821 e. The molecule has 0 saturated carbocycles. The van der Waals surface area contributed by atoms with Crippen LogP contribution < -0.4 is 10.4 Å². The van der Waals surface area contributed by atoms with Crippen LogP contribution in [0, 0.1) is 0 Å². The molecule has 0 fully saturated rings. The van der Waals surface area contributed by atoms with Crippen LogP contribution in [-0.2, 0) is 16.8 Å². The number of carboxylic acid groups (broad SMARTS) is 1. The number of aromatic nitrogens is 1. The van der Waals surface area contributed by atoms with Crippen molar-refractivity contribution < 1.29 is 9.90 Å². The van der Waals surface area contributed by atoms with E-state index in [0.29, 0.717) is 6.42 Å². The van der Waals surface area contributed by atoms with Crippen molar-refractivity contribution in [3.05, 3.63) is 71.4 Å². The van der Waals surface area contributed by atoms with Crippen molar-refractivity contribution in [2.45, 2.75) is 24.9 Å². The normalized spacial score (nSPS) is 23.6. The highest BCUT2D eigenvalue weighted by atomic mass is 16.4. The largest absolute Gasteiger partial charge is 0.548 e. The monoisotopic (exact) mass is 305 g/mol. The van der Waals surface area contributed by atoms with Gasteiger partial charge in [-0.25, -0.2) is 0 Å². The highest BCUT2D eigenvalue weighted by Crippen LogP contribution is 2.39. The number of nitrogens with one attached hydrogen (secondary N) is 2. The first-order valence-corrected chi connectivity index (χ1v) is 7.74. The van der Waals surface area contributed by atoms with E-state index >= 15 is 0 Å². The Bertz CT molecular complexity index is 885. The molecule has 2 aromatic carbocycles. The number of carboxylic acids is 1. The maximum absolute atomic E-state index is 11.6.